The van der Waals surface area contributed by atoms with Crippen molar-refractivity contribution in [3.63, 3.8) is 0 Å². The molecule has 0 saturated carbocycles. The Kier molecular flexibility index (Phi) is 4.30. The van der Waals surface area contributed by atoms with Crippen LogP contribution in [0.4, 0.5) is 4.79 Å². The second kappa shape index (κ2) is 5.51. The number of methoxy groups -OCH3 is 1. The number of amides is 2. The zero-order valence-electron chi connectivity index (χ0n) is 9.88. The Labute approximate surface area is 98.9 Å². The van der Waals surface area contributed by atoms with Crippen molar-refractivity contribution < 1.29 is 24.2 Å². The number of ether oxygens (including phenoxy) is 1. The minimum absolute atomic E-state index is 0.134. The van der Waals surface area contributed by atoms with Gasteiger partial charge in [-0.3, -0.25) is 9.59 Å². The second-order valence-electron chi connectivity index (χ2n) is 3.97. The van der Waals surface area contributed by atoms with Crippen LogP contribution in [0.15, 0.2) is 0 Å². The summed E-state index contributed by atoms with van der Waals surface area (Å²) in [4.78, 5) is 36.0. The van der Waals surface area contributed by atoms with Gasteiger partial charge >= 0.3 is 18.0 Å². The predicted octanol–water partition coefficient (Wildman–Crippen LogP) is -0.382. The highest BCUT2D eigenvalue weighted by Gasteiger charge is 2.36. The highest BCUT2D eigenvalue weighted by Crippen LogP contribution is 2.17. The molecule has 0 unspecified atom stereocenters. The van der Waals surface area contributed by atoms with E-state index in [1.54, 1.807) is 7.05 Å². The van der Waals surface area contributed by atoms with Gasteiger partial charge in [0.2, 0.25) is 0 Å². The molecule has 2 amide bonds. The third-order valence-corrected chi connectivity index (χ3v) is 2.71. The molecule has 1 fully saturated rings. The molecule has 0 aliphatic carbocycles. The molecule has 1 rings (SSSR count). The molecule has 1 aliphatic rings. The fourth-order valence-corrected chi connectivity index (χ4v) is 1.49. The number of carboxylic acid groups (broad SMARTS) is 1. The van der Waals surface area contributed by atoms with Crippen LogP contribution in [0.1, 0.15) is 6.42 Å². The number of nitrogens with zero attached hydrogens (tertiary/aromatic N) is 2. The number of urea groups is 1. The summed E-state index contributed by atoms with van der Waals surface area (Å²) < 4.78 is 4.46. The van der Waals surface area contributed by atoms with E-state index in [1.165, 1.54) is 16.9 Å². The first kappa shape index (κ1) is 13.3. The number of carbonyl (C=O) groups excluding carboxylic acids is 2. The third kappa shape index (κ3) is 3.33. The van der Waals surface area contributed by atoms with Crippen LogP contribution in [-0.4, -0.2) is 66.7 Å². The third-order valence-electron chi connectivity index (χ3n) is 2.71. The Morgan fingerprint density at radius 3 is 2.47 bits per heavy atom. The van der Waals surface area contributed by atoms with Gasteiger partial charge in [-0.15, -0.1) is 0 Å². The number of hydrogen-bond acceptors (Lipinski definition) is 4. The summed E-state index contributed by atoms with van der Waals surface area (Å²) in [5.41, 5.74) is 0. The Balaban J connectivity index is 2.29. The number of carboxylic acids is 1. The van der Waals surface area contributed by atoms with Crippen LogP contribution in [0.25, 0.3) is 0 Å². The summed E-state index contributed by atoms with van der Waals surface area (Å²) >= 11 is 0. The van der Waals surface area contributed by atoms with Crippen LogP contribution < -0.4 is 0 Å². The molecule has 96 valence electrons. The summed E-state index contributed by atoms with van der Waals surface area (Å²) in [7, 11) is 2.86. The van der Waals surface area contributed by atoms with Crippen molar-refractivity contribution in [3.8, 4) is 0 Å². The van der Waals surface area contributed by atoms with E-state index in [0.717, 1.165) is 0 Å². The van der Waals surface area contributed by atoms with Crippen LogP contribution in [0.5, 0.6) is 0 Å². The van der Waals surface area contributed by atoms with E-state index >= 15 is 0 Å². The number of aliphatic carboxylic acids is 1. The largest absolute Gasteiger partial charge is 0.481 e. The van der Waals surface area contributed by atoms with Crippen LogP contribution in [0.3, 0.4) is 0 Å². The number of likely N-dealkylation sites (tertiary alicyclic amines) is 1. The maximum absolute atomic E-state index is 11.7. The molecule has 17 heavy (non-hydrogen) atoms. The quantitative estimate of drug-likeness (QED) is 0.681. The number of rotatable bonds is 4. The molecule has 0 aromatic rings. The van der Waals surface area contributed by atoms with E-state index in [0.29, 0.717) is 0 Å². The Bertz CT molecular complexity index is 325. The first-order valence-corrected chi connectivity index (χ1v) is 5.25. The zero-order valence-corrected chi connectivity index (χ0v) is 9.88. The average Bonchev–Trinajstić information content (AvgIpc) is 2.22. The van der Waals surface area contributed by atoms with Crippen molar-refractivity contribution in [3.05, 3.63) is 0 Å². The molecule has 0 spiro atoms. The van der Waals surface area contributed by atoms with Crippen LogP contribution in [0.2, 0.25) is 0 Å². The van der Waals surface area contributed by atoms with E-state index in [1.807, 2.05) is 0 Å². The topological polar surface area (TPSA) is 87.2 Å². The SMILES string of the molecule is COC(=O)CCN(C)C(=O)N1CC(C(=O)O)C1. The molecular formula is C10H16N2O5. The zero-order chi connectivity index (χ0) is 13.0. The highest BCUT2D eigenvalue weighted by molar-refractivity contribution is 5.80. The summed E-state index contributed by atoms with van der Waals surface area (Å²) in [5, 5.41) is 8.67. The summed E-state index contributed by atoms with van der Waals surface area (Å²) in [5.74, 6) is -1.73. The van der Waals surface area contributed by atoms with Crippen molar-refractivity contribution in [1.82, 2.24) is 9.80 Å². The Morgan fingerprint density at radius 2 is 2.00 bits per heavy atom. The van der Waals surface area contributed by atoms with E-state index < -0.39 is 11.9 Å². The van der Waals surface area contributed by atoms with E-state index in [9.17, 15) is 14.4 Å². The van der Waals surface area contributed by atoms with Crippen molar-refractivity contribution >= 4 is 18.0 Å². The standard InChI is InChI=1S/C10H16N2O5/c1-11(4-3-8(13)17-2)10(16)12-5-7(6-12)9(14)15/h7H,3-6H2,1-2H3,(H,14,15). The van der Waals surface area contributed by atoms with Crippen LogP contribution in [0, 0.1) is 5.92 Å². The second-order valence-corrected chi connectivity index (χ2v) is 3.97. The van der Waals surface area contributed by atoms with Crippen LogP contribution >= 0.6 is 0 Å². The van der Waals surface area contributed by atoms with Gasteiger partial charge in [0.05, 0.1) is 19.4 Å². The van der Waals surface area contributed by atoms with Gasteiger partial charge in [-0.1, -0.05) is 0 Å². The van der Waals surface area contributed by atoms with Crippen molar-refractivity contribution in [1.29, 1.82) is 0 Å². The Morgan fingerprint density at radius 1 is 1.41 bits per heavy atom. The Hall–Kier alpha value is -1.79. The van der Waals surface area contributed by atoms with E-state index in [-0.39, 0.29) is 38.1 Å². The van der Waals surface area contributed by atoms with Crippen molar-refractivity contribution in [2.45, 2.75) is 6.42 Å². The van der Waals surface area contributed by atoms with Crippen molar-refractivity contribution in [2.75, 3.05) is 33.8 Å². The summed E-state index contributed by atoms with van der Waals surface area (Å²) in [6.07, 6.45) is 0.134. The summed E-state index contributed by atoms with van der Waals surface area (Å²) in [6, 6.07) is -0.258. The summed E-state index contributed by atoms with van der Waals surface area (Å²) in [6.45, 7) is 0.729. The molecule has 1 saturated heterocycles. The lowest BCUT2D eigenvalue weighted by atomic mass is 10.0. The smallest absolute Gasteiger partial charge is 0.319 e. The number of hydrogen-bond donors (Lipinski definition) is 1. The fourth-order valence-electron chi connectivity index (χ4n) is 1.49. The van der Waals surface area contributed by atoms with Gasteiger partial charge < -0.3 is 19.6 Å². The van der Waals surface area contributed by atoms with Crippen molar-refractivity contribution in [2.24, 2.45) is 5.92 Å². The van der Waals surface area contributed by atoms with Gasteiger partial charge in [0, 0.05) is 26.7 Å². The maximum atomic E-state index is 11.7. The monoisotopic (exact) mass is 244 g/mol. The number of esters is 1. The minimum Gasteiger partial charge on any atom is -0.481 e. The van der Waals surface area contributed by atoms with Gasteiger partial charge in [0.1, 0.15) is 0 Å². The lowest BCUT2D eigenvalue weighted by Crippen LogP contribution is -2.56. The molecule has 0 atom stereocenters. The highest BCUT2D eigenvalue weighted by atomic mass is 16.5. The molecule has 1 heterocycles. The average molecular weight is 244 g/mol. The lowest BCUT2D eigenvalue weighted by molar-refractivity contribution is -0.146. The minimum atomic E-state index is -0.883. The molecule has 0 aromatic heterocycles. The van der Waals surface area contributed by atoms with E-state index in [2.05, 4.69) is 4.74 Å². The number of carbonyl (C=O) groups is 3. The molecule has 0 radical (unpaired) electrons. The van der Waals surface area contributed by atoms with Gasteiger partial charge in [0.15, 0.2) is 0 Å². The van der Waals surface area contributed by atoms with E-state index in [4.69, 9.17) is 5.11 Å². The molecule has 1 N–H and O–H groups in total. The van der Waals surface area contributed by atoms with Gasteiger partial charge in [-0.05, 0) is 0 Å². The normalized spacial score (nSPS) is 15.1. The molecular weight excluding hydrogens is 228 g/mol. The molecule has 7 heteroatoms. The first-order valence-electron chi connectivity index (χ1n) is 5.25. The lowest BCUT2D eigenvalue weighted by Gasteiger charge is -2.38. The van der Waals surface area contributed by atoms with Crippen LogP contribution in [-0.2, 0) is 14.3 Å². The van der Waals surface area contributed by atoms with Gasteiger partial charge in [0.25, 0.3) is 0 Å². The molecule has 0 aromatic carbocycles. The van der Waals surface area contributed by atoms with Gasteiger partial charge in [-0.25, -0.2) is 4.79 Å². The molecule has 0 bridgehead atoms. The maximum Gasteiger partial charge on any atom is 0.319 e. The molecule has 1 aliphatic heterocycles. The fraction of sp³-hybridized carbons (Fsp3) is 0.700. The van der Waals surface area contributed by atoms with Gasteiger partial charge in [-0.2, -0.15) is 0 Å². The first-order chi connectivity index (χ1) is 7.95. The molecule has 7 nitrogen and oxygen atoms in total. The predicted molar refractivity (Wildman–Crippen MR) is 57.4 cm³/mol.